The van der Waals surface area contributed by atoms with Crippen LogP contribution in [0, 0.1) is 0 Å². The molecule has 0 saturated heterocycles. The van der Waals surface area contributed by atoms with Crippen LogP contribution in [0.5, 0.6) is 0 Å². The molecule has 8 heteroatoms. The number of nitrogens with zero attached hydrogens (tertiary/aromatic N) is 2. The van der Waals surface area contributed by atoms with E-state index < -0.39 is 17.5 Å². The first-order chi connectivity index (χ1) is 16.0. The van der Waals surface area contributed by atoms with Gasteiger partial charge in [-0.1, -0.05) is 41.7 Å². The third kappa shape index (κ3) is 3.54. The zero-order valence-electron chi connectivity index (χ0n) is 17.8. The number of hydrogen-bond acceptors (Lipinski definition) is 6. The molecule has 0 atom stereocenters. The minimum Gasteiger partial charge on any atom is -0.465 e. The van der Waals surface area contributed by atoms with Crippen LogP contribution in [0.15, 0.2) is 74.9 Å². The lowest BCUT2D eigenvalue weighted by Crippen LogP contribution is -2.19. The van der Waals surface area contributed by atoms with Gasteiger partial charge < -0.3 is 13.7 Å². The standard InChI is InChI=1S/C25H18N2O5S/c1-3-27-19-10-8-15(23(29)31-2)12-21(19)33-25(27)26-22(28)18-13-17-16-7-5-4-6-14(16)9-11-20(17)32-24(18)30/h4-13H,3H2,1-2H3. The lowest BCUT2D eigenvalue weighted by atomic mass is 10.0. The van der Waals surface area contributed by atoms with Crippen LogP contribution in [-0.4, -0.2) is 23.6 Å². The first kappa shape index (κ1) is 20.8. The second kappa shape index (κ2) is 8.14. The van der Waals surface area contributed by atoms with Crippen molar-refractivity contribution in [2.24, 2.45) is 4.99 Å². The summed E-state index contributed by atoms with van der Waals surface area (Å²) in [5.74, 6) is -1.12. The van der Waals surface area contributed by atoms with Crippen molar-refractivity contribution in [1.82, 2.24) is 4.57 Å². The van der Waals surface area contributed by atoms with Crippen molar-refractivity contribution in [1.29, 1.82) is 0 Å². The molecule has 2 heterocycles. The number of esters is 1. The molecule has 5 aromatic rings. The Bertz CT molecular complexity index is 1710. The van der Waals surface area contributed by atoms with Crippen LogP contribution in [0.3, 0.4) is 0 Å². The summed E-state index contributed by atoms with van der Waals surface area (Å²) in [5.41, 5.74) is 0.793. The van der Waals surface area contributed by atoms with E-state index in [4.69, 9.17) is 9.15 Å². The molecule has 0 fully saturated rings. The van der Waals surface area contributed by atoms with E-state index in [-0.39, 0.29) is 5.56 Å². The molecule has 3 aromatic carbocycles. The fourth-order valence-electron chi connectivity index (χ4n) is 3.88. The number of fused-ring (bicyclic) bond motifs is 4. The Morgan fingerprint density at radius 2 is 1.88 bits per heavy atom. The molecule has 0 spiro atoms. The van der Waals surface area contributed by atoms with Crippen molar-refractivity contribution in [2.45, 2.75) is 13.5 Å². The number of rotatable bonds is 3. The Hall–Kier alpha value is -4.04. The average molecular weight is 458 g/mol. The van der Waals surface area contributed by atoms with Crippen LogP contribution in [-0.2, 0) is 11.3 Å². The van der Waals surface area contributed by atoms with Gasteiger partial charge in [-0.15, -0.1) is 0 Å². The van der Waals surface area contributed by atoms with Gasteiger partial charge >= 0.3 is 11.6 Å². The van der Waals surface area contributed by atoms with Crippen LogP contribution in [0.4, 0.5) is 0 Å². The number of thiazole rings is 1. The molecular formula is C25H18N2O5S. The smallest absolute Gasteiger partial charge is 0.349 e. The van der Waals surface area contributed by atoms with Gasteiger partial charge in [0.1, 0.15) is 11.1 Å². The van der Waals surface area contributed by atoms with Crippen molar-refractivity contribution in [3.8, 4) is 0 Å². The van der Waals surface area contributed by atoms with Crippen LogP contribution >= 0.6 is 11.3 Å². The number of carbonyl (C=O) groups excluding carboxylic acids is 2. The highest BCUT2D eigenvalue weighted by Gasteiger charge is 2.16. The fourth-order valence-corrected chi connectivity index (χ4v) is 5.01. The summed E-state index contributed by atoms with van der Waals surface area (Å²) in [7, 11) is 1.32. The second-order valence-electron chi connectivity index (χ2n) is 7.37. The minimum absolute atomic E-state index is 0.130. The van der Waals surface area contributed by atoms with Gasteiger partial charge in [-0.05, 0) is 48.0 Å². The fraction of sp³-hybridized carbons (Fsp3) is 0.120. The number of benzene rings is 3. The second-order valence-corrected chi connectivity index (χ2v) is 8.38. The monoisotopic (exact) mass is 458 g/mol. The van der Waals surface area contributed by atoms with E-state index in [9.17, 15) is 14.4 Å². The number of amides is 1. The summed E-state index contributed by atoms with van der Waals surface area (Å²) in [6.07, 6.45) is 0. The third-order valence-electron chi connectivity index (χ3n) is 5.49. The first-order valence-corrected chi connectivity index (χ1v) is 11.1. The van der Waals surface area contributed by atoms with Gasteiger partial charge in [-0.3, -0.25) is 4.79 Å². The maximum absolute atomic E-state index is 13.1. The highest BCUT2D eigenvalue weighted by molar-refractivity contribution is 7.16. The number of ether oxygens (including phenoxy) is 1. The van der Waals surface area contributed by atoms with Crippen LogP contribution in [0.1, 0.15) is 27.6 Å². The lowest BCUT2D eigenvalue weighted by Gasteiger charge is -2.04. The molecule has 0 aliphatic rings. The van der Waals surface area contributed by atoms with Crippen LogP contribution < -0.4 is 10.4 Å². The van der Waals surface area contributed by atoms with Gasteiger partial charge in [0.2, 0.25) is 0 Å². The van der Waals surface area contributed by atoms with Crippen molar-refractivity contribution >= 4 is 55.2 Å². The van der Waals surface area contributed by atoms with Gasteiger partial charge in [0, 0.05) is 11.9 Å². The molecule has 0 bridgehead atoms. The molecule has 0 unspecified atom stereocenters. The van der Waals surface area contributed by atoms with Gasteiger partial charge in [0.15, 0.2) is 4.80 Å². The highest BCUT2D eigenvalue weighted by Crippen LogP contribution is 2.25. The Balaban J connectivity index is 1.67. The van der Waals surface area contributed by atoms with Gasteiger partial charge in [0.05, 0.1) is 22.9 Å². The van der Waals surface area contributed by atoms with E-state index in [0.717, 1.165) is 21.0 Å². The highest BCUT2D eigenvalue weighted by atomic mass is 32.1. The first-order valence-electron chi connectivity index (χ1n) is 10.3. The molecule has 0 aliphatic carbocycles. The largest absolute Gasteiger partial charge is 0.465 e. The number of methoxy groups -OCH3 is 1. The summed E-state index contributed by atoms with van der Waals surface area (Å²) < 4.78 is 12.9. The molecular weight excluding hydrogens is 440 g/mol. The SMILES string of the molecule is CCn1c(=NC(=O)c2cc3c(ccc4ccccc43)oc2=O)sc2cc(C(=O)OC)ccc21. The summed E-state index contributed by atoms with van der Waals surface area (Å²) in [6, 6.07) is 18.0. The van der Waals surface area contributed by atoms with E-state index >= 15 is 0 Å². The molecule has 0 saturated carbocycles. The maximum atomic E-state index is 13.1. The summed E-state index contributed by atoms with van der Waals surface area (Å²) in [5, 5.41) is 2.53. The lowest BCUT2D eigenvalue weighted by molar-refractivity contribution is 0.0600. The predicted octanol–water partition coefficient (Wildman–Crippen LogP) is 4.51. The predicted molar refractivity (Wildman–Crippen MR) is 127 cm³/mol. The molecule has 2 aromatic heterocycles. The van der Waals surface area contributed by atoms with E-state index in [1.807, 2.05) is 41.8 Å². The van der Waals surface area contributed by atoms with E-state index in [1.54, 1.807) is 30.3 Å². The molecule has 0 N–H and O–H groups in total. The normalized spacial score (nSPS) is 12.0. The van der Waals surface area contributed by atoms with E-state index in [2.05, 4.69) is 4.99 Å². The Morgan fingerprint density at radius 3 is 2.67 bits per heavy atom. The van der Waals surface area contributed by atoms with Crippen molar-refractivity contribution < 1.29 is 18.7 Å². The molecule has 0 aliphatic heterocycles. The number of hydrogen-bond donors (Lipinski definition) is 0. The zero-order chi connectivity index (χ0) is 23.1. The van der Waals surface area contributed by atoms with Crippen molar-refractivity contribution in [2.75, 3.05) is 7.11 Å². The van der Waals surface area contributed by atoms with Gasteiger partial charge in [0.25, 0.3) is 5.91 Å². The Labute approximate surface area is 191 Å². The number of aromatic nitrogens is 1. The summed E-state index contributed by atoms with van der Waals surface area (Å²) in [4.78, 5) is 42.2. The quantitative estimate of drug-likeness (QED) is 0.225. The van der Waals surface area contributed by atoms with E-state index in [0.29, 0.717) is 27.9 Å². The molecule has 0 radical (unpaired) electrons. The molecule has 5 rings (SSSR count). The molecule has 1 amide bonds. The Kier molecular flexibility index (Phi) is 5.14. The van der Waals surface area contributed by atoms with Gasteiger partial charge in [-0.2, -0.15) is 4.99 Å². The Morgan fingerprint density at radius 1 is 1.06 bits per heavy atom. The number of aryl methyl sites for hydroxylation is 1. The van der Waals surface area contributed by atoms with Crippen LogP contribution in [0.25, 0.3) is 32.0 Å². The summed E-state index contributed by atoms with van der Waals surface area (Å²) >= 11 is 1.26. The third-order valence-corrected chi connectivity index (χ3v) is 6.53. The maximum Gasteiger partial charge on any atom is 0.349 e. The molecule has 7 nitrogen and oxygen atoms in total. The molecule has 164 valence electrons. The van der Waals surface area contributed by atoms with Crippen molar-refractivity contribution in [3.63, 3.8) is 0 Å². The van der Waals surface area contributed by atoms with Crippen molar-refractivity contribution in [3.05, 3.63) is 87.0 Å². The van der Waals surface area contributed by atoms with Crippen LogP contribution in [0.2, 0.25) is 0 Å². The minimum atomic E-state index is -0.733. The van der Waals surface area contributed by atoms with Gasteiger partial charge in [-0.25, -0.2) is 9.59 Å². The molecule has 33 heavy (non-hydrogen) atoms. The topological polar surface area (TPSA) is 90.9 Å². The zero-order valence-corrected chi connectivity index (χ0v) is 18.6. The van der Waals surface area contributed by atoms with E-state index in [1.165, 1.54) is 18.4 Å². The average Bonchev–Trinajstić information content (AvgIpc) is 3.18. The number of carbonyl (C=O) groups is 2. The summed E-state index contributed by atoms with van der Waals surface area (Å²) in [6.45, 7) is 2.49.